The second kappa shape index (κ2) is 4.84. The lowest BCUT2D eigenvalue weighted by Crippen LogP contribution is -2.28. The molecule has 5 heteroatoms. The Bertz CT molecular complexity index is 610. The molecule has 0 aromatic heterocycles. The molecular weight excluding hydrogens is 268 g/mol. The molecule has 1 fully saturated rings. The van der Waals surface area contributed by atoms with Crippen LogP contribution in [0.15, 0.2) is 18.2 Å². The molecule has 1 saturated heterocycles. The fourth-order valence-corrected chi connectivity index (χ4v) is 3.08. The fourth-order valence-electron chi connectivity index (χ4n) is 3.08. The molecule has 1 amide bonds. The van der Waals surface area contributed by atoms with Crippen molar-refractivity contribution in [2.75, 3.05) is 29.9 Å². The molecule has 0 bridgehead atoms. The van der Waals surface area contributed by atoms with Gasteiger partial charge in [0.05, 0.1) is 16.9 Å². The molecule has 2 aliphatic heterocycles. The molecule has 21 heavy (non-hydrogen) atoms. The van der Waals surface area contributed by atoms with Gasteiger partial charge in [0, 0.05) is 25.8 Å². The summed E-state index contributed by atoms with van der Waals surface area (Å²) in [5.74, 6) is -0.904. The Hall–Kier alpha value is -1.88. The minimum absolute atomic E-state index is 0.433. The average molecular weight is 288 g/mol. The van der Waals surface area contributed by atoms with Crippen molar-refractivity contribution in [3.8, 4) is 0 Å². The second-order valence-electron chi connectivity index (χ2n) is 6.23. The van der Waals surface area contributed by atoms with E-state index in [1.54, 1.807) is 13.1 Å². The van der Waals surface area contributed by atoms with Crippen LogP contribution in [-0.4, -0.2) is 42.5 Å². The minimum atomic E-state index is -0.603. The van der Waals surface area contributed by atoms with E-state index in [9.17, 15) is 14.7 Å². The lowest BCUT2D eigenvalue weighted by atomic mass is 9.98. The van der Waals surface area contributed by atoms with Gasteiger partial charge in [0.15, 0.2) is 0 Å². The SMILES string of the molecule is CN1C(=O)C(=O)c2ccc(N3CCCC(C)(O)CC3)cc21. The van der Waals surface area contributed by atoms with Gasteiger partial charge >= 0.3 is 0 Å². The maximum atomic E-state index is 11.8. The summed E-state index contributed by atoms with van der Waals surface area (Å²) in [6.07, 6.45) is 2.45. The number of hydrogen-bond donors (Lipinski definition) is 1. The molecular formula is C16H20N2O3. The first kappa shape index (κ1) is 14.1. The quantitative estimate of drug-likeness (QED) is 0.797. The van der Waals surface area contributed by atoms with E-state index in [-0.39, 0.29) is 0 Å². The Kier molecular flexibility index (Phi) is 3.24. The van der Waals surface area contributed by atoms with Crippen molar-refractivity contribution in [2.24, 2.45) is 0 Å². The molecule has 1 N–H and O–H groups in total. The molecule has 2 aliphatic rings. The maximum Gasteiger partial charge on any atom is 0.299 e. The van der Waals surface area contributed by atoms with Crippen LogP contribution in [0, 0.1) is 0 Å². The Morgan fingerprint density at radius 2 is 1.95 bits per heavy atom. The van der Waals surface area contributed by atoms with E-state index < -0.39 is 17.3 Å². The summed E-state index contributed by atoms with van der Waals surface area (Å²) in [6, 6.07) is 5.53. The fraction of sp³-hybridized carbons (Fsp3) is 0.500. The number of rotatable bonds is 1. The number of likely N-dealkylation sites (N-methyl/N-ethyl adjacent to an activating group) is 1. The number of fused-ring (bicyclic) bond motifs is 1. The summed E-state index contributed by atoms with van der Waals surface area (Å²) in [4.78, 5) is 27.1. The van der Waals surface area contributed by atoms with Crippen molar-refractivity contribution in [3.63, 3.8) is 0 Å². The monoisotopic (exact) mass is 288 g/mol. The van der Waals surface area contributed by atoms with Gasteiger partial charge in [0.2, 0.25) is 0 Å². The highest BCUT2D eigenvalue weighted by Gasteiger charge is 2.34. The predicted octanol–water partition coefficient (Wildman–Crippen LogP) is 1.59. The first-order valence-corrected chi connectivity index (χ1v) is 7.33. The Morgan fingerprint density at radius 1 is 1.19 bits per heavy atom. The molecule has 0 spiro atoms. The number of benzene rings is 1. The maximum absolute atomic E-state index is 11.8. The summed E-state index contributed by atoms with van der Waals surface area (Å²) >= 11 is 0. The van der Waals surface area contributed by atoms with Crippen LogP contribution in [0.2, 0.25) is 0 Å². The van der Waals surface area contributed by atoms with Crippen LogP contribution in [0.1, 0.15) is 36.5 Å². The van der Waals surface area contributed by atoms with Crippen molar-refractivity contribution in [2.45, 2.75) is 31.8 Å². The van der Waals surface area contributed by atoms with E-state index in [0.29, 0.717) is 11.3 Å². The third kappa shape index (κ3) is 2.42. The molecule has 0 radical (unpaired) electrons. The normalized spacial score (nSPS) is 26.0. The van der Waals surface area contributed by atoms with Crippen LogP contribution in [-0.2, 0) is 4.79 Å². The van der Waals surface area contributed by atoms with Gasteiger partial charge in [-0.25, -0.2) is 0 Å². The highest BCUT2D eigenvalue weighted by Crippen LogP contribution is 2.33. The molecule has 1 unspecified atom stereocenters. The van der Waals surface area contributed by atoms with E-state index in [1.807, 2.05) is 19.1 Å². The van der Waals surface area contributed by atoms with E-state index in [0.717, 1.165) is 38.0 Å². The smallest absolute Gasteiger partial charge is 0.299 e. The Labute approximate surface area is 124 Å². The lowest BCUT2D eigenvalue weighted by Gasteiger charge is -2.25. The third-order valence-electron chi connectivity index (χ3n) is 4.52. The van der Waals surface area contributed by atoms with Crippen molar-refractivity contribution in [1.82, 2.24) is 0 Å². The molecule has 1 aromatic carbocycles. The van der Waals surface area contributed by atoms with Gasteiger partial charge in [0.1, 0.15) is 0 Å². The summed E-state index contributed by atoms with van der Waals surface area (Å²) in [7, 11) is 1.63. The van der Waals surface area contributed by atoms with Gasteiger partial charge in [-0.05, 0) is 44.4 Å². The van der Waals surface area contributed by atoms with Crippen LogP contribution < -0.4 is 9.80 Å². The second-order valence-corrected chi connectivity index (χ2v) is 6.23. The number of anilines is 2. The molecule has 112 valence electrons. The molecule has 1 atom stereocenters. The van der Waals surface area contributed by atoms with Crippen LogP contribution >= 0.6 is 0 Å². The predicted molar refractivity (Wildman–Crippen MR) is 80.9 cm³/mol. The van der Waals surface area contributed by atoms with Gasteiger partial charge in [-0.1, -0.05) is 0 Å². The lowest BCUT2D eigenvalue weighted by molar-refractivity contribution is -0.114. The van der Waals surface area contributed by atoms with Crippen LogP contribution in [0.5, 0.6) is 0 Å². The first-order valence-electron chi connectivity index (χ1n) is 7.33. The first-order chi connectivity index (χ1) is 9.89. The third-order valence-corrected chi connectivity index (χ3v) is 4.52. The number of amides is 1. The van der Waals surface area contributed by atoms with Gasteiger partial charge in [-0.2, -0.15) is 0 Å². The minimum Gasteiger partial charge on any atom is -0.390 e. The summed E-state index contributed by atoms with van der Waals surface area (Å²) in [5.41, 5.74) is 1.56. The van der Waals surface area contributed by atoms with Crippen LogP contribution in [0.4, 0.5) is 11.4 Å². The Balaban J connectivity index is 1.88. The topological polar surface area (TPSA) is 60.9 Å². The number of carbonyl (C=O) groups excluding carboxylic acids is 2. The van der Waals surface area contributed by atoms with Crippen molar-refractivity contribution in [1.29, 1.82) is 0 Å². The molecule has 0 saturated carbocycles. The van der Waals surface area contributed by atoms with E-state index >= 15 is 0 Å². The van der Waals surface area contributed by atoms with E-state index in [2.05, 4.69) is 4.90 Å². The molecule has 0 aliphatic carbocycles. The number of hydrogen-bond acceptors (Lipinski definition) is 4. The zero-order valence-corrected chi connectivity index (χ0v) is 12.4. The summed E-state index contributed by atoms with van der Waals surface area (Å²) in [5, 5.41) is 10.2. The standard InChI is InChI=1S/C16H20N2O3/c1-16(21)6-3-8-18(9-7-16)11-4-5-12-13(10-11)17(2)15(20)14(12)19/h4-5,10,21H,3,6-9H2,1-2H3. The zero-order chi connectivity index (χ0) is 15.2. The highest BCUT2D eigenvalue weighted by atomic mass is 16.3. The zero-order valence-electron chi connectivity index (χ0n) is 12.4. The molecule has 5 nitrogen and oxygen atoms in total. The number of aliphatic hydroxyl groups is 1. The average Bonchev–Trinajstić information content (AvgIpc) is 2.60. The summed E-state index contributed by atoms with van der Waals surface area (Å²) in [6.45, 7) is 3.53. The number of carbonyl (C=O) groups is 2. The van der Waals surface area contributed by atoms with Gasteiger partial charge < -0.3 is 14.9 Å². The summed E-state index contributed by atoms with van der Waals surface area (Å²) < 4.78 is 0. The van der Waals surface area contributed by atoms with Crippen LogP contribution in [0.25, 0.3) is 0 Å². The van der Waals surface area contributed by atoms with Crippen LogP contribution in [0.3, 0.4) is 0 Å². The van der Waals surface area contributed by atoms with Gasteiger partial charge in [-0.3, -0.25) is 9.59 Å². The Morgan fingerprint density at radius 3 is 2.71 bits per heavy atom. The van der Waals surface area contributed by atoms with Crippen molar-refractivity contribution >= 4 is 23.1 Å². The number of Topliss-reactive ketones (excluding diaryl/α,β-unsaturated/α-hetero) is 1. The largest absolute Gasteiger partial charge is 0.390 e. The molecule has 3 rings (SSSR count). The molecule has 2 heterocycles. The van der Waals surface area contributed by atoms with Crippen molar-refractivity contribution < 1.29 is 14.7 Å². The van der Waals surface area contributed by atoms with E-state index in [4.69, 9.17) is 0 Å². The van der Waals surface area contributed by atoms with Crippen molar-refractivity contribution in [3.05, 3.63) is 23.8 Å². The highest BCUT2D eigenvalue weighted by molar-refractivity contribution is 6.52. The van der Waals surface area contributed by atoms with Gasteiger partial charge in [0.25, 0.3) is 11.7 Å². The van der Waals surface area contributed by atoms with E-state index in [1.165, 1.54) is 4.90 Å². The number of ketones is 1. The molecule has 1 aromatic rings. The van der Waals surface area contributed by atoms with Gasteiger partial charge in [-0.15, -0.1) is 0 Å². The number of nitrogens with zero attached hydrogens (tertiary/aromatic N) is 2.